The Morgan fingerprint density at radius 3 is 2.12 bits per heavy atom. The number of carbonyl (C=O) groups is 5. The zero-order valence-electron chi connectivity index (χ0n) is 31.0. The summed E-state index contributed by atoms with van der Waals surface area (Å²) in [6.07, 6.45) is -0.910. The highest BCUT2D eigenvalue weighted by Crippen LogP contribution is 2.34. The SMILES string of the molecule is C=CCNC(=O)C(=O)C(CCC(F)(F)F)NC(=O)[C@@H]1C(C(C)C)CCN1C(=O)[C@@H](NC(=O)N[C@H](CN1CCCS1(=O)=O)C(C)(C)C)C1CCCCC1. The van der Waals surface area contributed by atoms with Crippen LogP contribution in [0.5, 0.6) is 0 Å². The molecule has 3 rings (SSSR count). The Kier molecular flexibility index (Phi) is 15.1. The van der Waals surface area contributed by atoms with Crippen LogP contribution < -0.4 is 21.3 Å². The number of halogens is 3. The van der Waals surface area contributed by atoms with Crippen molar-refractivity contribution in [3.8, 4) is 0 Å². The molecular weight excluding hydrogens is 705 g/mol. The molecule has 5 amide bonds. The molecule has 0 spiro atoms. The highest BCUT2D eigenvalue weighted by molar-refractivity contribution is 7.89. The molecule has 0 aromatic heterocycles. The summed E-state index contributed by atoms with van der Waals surface area (Å²) in [6, 6.07) is -5.29. The van der Waals surface area contributed by atoms with Gasteiger partial charge in [-0.3, -0.25) is 19.2 Å². The molecule has 2 heterocycles. The molecule has 3 aliphatic rings. The predicted octanol–water partition coefficient (Wildman–Crippen LogP) is 3.26. The zero-order chi connectivity index (χ0) is 39.0. The molecule has 4 N–H and O–H groups in total. The summed E-state index contributed by atoms with van der Waals surface area (Å²) in [7, 11) is -3.44. The molecule has 0 aromatic rings. The number of amides is 5. The number of likely N-dealkylation sites (tertiary alicyclic amines) is 1. The maximum atomic E-state index is 14.5. The van der Waals surface area contributed by atoms with Crippen LogP contribution in [0.2, 0.25) is 0 Å². The highest BCUT2D eigenvalue weighted by atomic mass is 32.2. The molecule has 0 radical (unpaired) electrons. The van der Waals surface area contributed by atoms with E-state index in [4.69, 9.17) is 0 Å². The van der Waals surface area contributed by atoms with Gasteiger partial charge in [0.1, 0.15) is 12.1 Å². The molecule has 13 nitrogen and oxygen atoms in total. The normalized spacial score (nSPS) is 23.1. The average Bonchev–Trinajstić information content (AvgIpc) is 3.66. The van der Waals surface area contributed by atoms with E-state index in [9.17, 15) is 45.6 Å². The van der Waals surface area contributed by atoms with Crippen LogP contribution in [0.25, 0.3) is 0 Å². The lowest BCUT2D eigenvalue weighted by Gasteiger charge is -2.38. The van der Waals surface area contributed by atoms with Crippen LogP contribution in [0.3, 0.4) is 0 Å². The number of urea groups is 1. The van der Waals surface area contributed by atoms with Crippen LogP contribution in [0.4, 0.5) is 18.0 Å². The van der Waals surface area contributed by atoms with Gasteiger partial charge in [-0.2, -0.15) is 17.5 Å². The van der Waals surface area contributed by atoms with Crippen LogP contribution in [-0.4, -0.2) is 109 Å². The first-order valence-corrected chi connectivity index (χ1v) is 19.9. The Hall–Kier alpha value is -3.21. The monoisotopic (exact) mass is 762 g/mol. The molecule has 0 aromatic carbocycles. The van der Waals surface area contributed by atoms with Gasteiger partial charge >= 0.3 is 12.2 Å². The first-order chi connectivity index (χ1) is 24.2. The van der Waals surface area contributed by atoms with Crippen molar-refractivity contribution in [2.45, 2.75) is 123 Å². The minimum absolute atomic E-state index is 0.0377. The van der Waals surface area contributed by atoms with Gasteiger partial charge in [0.15, 0.2) is 0 Å². The zero-order valence-corrected chi connectivity index (χ0v) is 31.8. The molecule has 17 heteroatoms. The van der Waals surface area contributed by atoms with Gasteiger partial charge < -0.3 is 26.2 Å². The van der Waals surface area contributed by atoms with Crippen molar-refractivity contribution < 1.29 is 45.6 Å². The van der Waals surface area contributed by atoms with E-state index in [1.807, 2.05) is 34.6 Å². The first kappa shape index (κ1) is 43.2. The largest absolute Gasteiger partial charge is 0.389 e. The lowest BCUT2D eigenvalue weighted by molar-refractivity contribution is -0.147. The number of ketones is 1. The van der Waals surface area contributed by atoms with Gasteiger partial charge in [0.05, 0.1) is 11.8 Å². The number of sulfonamides is 1. The molecular formula is C35H57F3N6O7S. The third-order valence-corrected chi connectivity index (χ3v) is 12.4. The topological polar surface area (TPSA) is 174 Å². The molecule has 3 fully saturated rings. The van der Waals surface area contributed by atoms with Gasteiger partial charge in [-0.25, -0.2) is 13.2 Å². The summed E-state index contributed by atoms with van der Waals surface area (Å²) in [5.74, 6) is -4.60. The van der Waals surface area contributed by atoms with Crippen molar-refractivity contribution in [2.24, 2.45) is 23.2 Å². The second-order valence-electron chi connectivity index (χ2n) is 15.7. The van der Waals surface area contributed by atoms with E-state index >= 15 is 0 Å². The van der Waals surface area contributed by atoms with Gasteiger partial charge in [0, 0.05) is 38.6 Å². The molecule has 1 saturated carbocycles. The van der Waals surface area contributed by atoms with Crippen molar-refractivity contribution in [3.63, 3.8) is 0 Å². The van der Waals surface area contributed by atoms with Crippen molar-refractivity contribution >= 4 is 39.6 Å². The number of hydrogen-bond donors (Lipinski definition) is 4. The quantitative estimate of drug-likeness (QED) is 0.146. The molecule has 52 heavy (non-hydrogen) atoms. The van der Waals surface area contributed by atoms with Crippen molar-refractivity contribution in [2.75, 3.05) is 31.9 Å². The lowest BCUT2D eigenvalue weighted by Crippen LogP contribution is -2.61. The Balaban J connectivity index is 1.89. The fraction of sp³-hybridized carbons (Fsp3) is 0.800. The van der Waals surface area contributed by atoms with E-state index in [1.165, 1.54) is 15.3 Å². The van der Waals surface area contributed by atoms with E-state index in [2.05, 4.69) is 27.8 Å². The Labute approximate surface area is 305 Å². The molecule has 296 valence electrons. The number of Topliss-reactive ketones (excluding diaryl/α,β-unsaturated/α-hetero) is 1. The highest BCUT2D eigenvalue weighted by Gasteiger charge is 2.47. The fourth-order valence-corrected chi connectivity index (χ4v) is 8.88. The van der Waals surface area contributed by atoms with Crippen molar-refractivity contribution in [1.82, 2.24) is 30.5 Å². The molecule has 0 bridgehead atoms. The predicted molar refractivity (Wildman–Crippen MR) is 189 cm³/mol. The minimum atomic E-state index is -4.66. The number of nitrogens with zero attached hydrogens (tertiary/aromatic N) is 2. The minimum Gasteiger partial charge on any atom is -0.346 e. The van der Waals surface area contributed by atoms with Gasteiger partial charge in [0.2, 0.25) is 27.6 Å². The summed E-state index contributed by atoms with van der Waals surface area (Å²) in [6.45, 7) is 13.2. The van der Waals surface area contributed by atoms with E-state index in [0.717, 1.165) is 19.3 Å². The second-order valence-corrected chi connectivity index (χ2v) is 17.8. The Morgan fingerprint density at radius 1 is 0.923 bits per heavy atom. The van der Waals surface area contributed by atoms with Crippen LogP contribution >= 0.6 is 0 Å². The number of alkyl halides is 3. The third-order valence-electron chi connectivity index (χ3n) is 10.4. The summed E-state index contributed by atoms with van der Waals surface area (Å²) in [4.78, 5) is 69.0. The third kappa shape index (κ3) is 11.9. The fourth-order valence-electron chi connectivity index (χ4n) is 7.35. The number of hydrogen-bond acceptors (Lipinski definition) is 7. The summed E-state index contributed by atoms with van der Waals surface area (Å²) >= 11 is 0. The van der Waals surface area contributed by atoms with E-state index in [0.29, 0.717) is 32.2 Å². The summed E-state index contributed by atoms with van der Waals surface area (Å²) < 4.78 is 66.3. The summed E-state index contributed by atoms with van der Waals surface area (Å²) in [5, 5.41) is 10.4. The molecule has 5 atom stereocenters. The van der Waals surface area contributed by atoms with E-state index in [1.54, 1.807) is 0 Å². The molecule has 2 unspecified atom stereocenters. The Morgan fingerprint density at radius 2 is 1.58 bits per heavy atom. The molecule has 1 aliphatic carbocycles. The maximum Gasteiger partial charge on any atom is 0.389 e. The lowest BCUT2D eigenvalue weighted by atomic mass is 9.82. The van der Waals surface area contributed by atoms with Crippen LogP contribution in [0.15, 0.2) is 12.7 Å². The second kappa shape index (κ2) is 18.2. The number of rotatable bonds is 15. The van der Waals surface area contributed by atoms with Crippen LogP contribution in [0.1, 0.15) is 92.4 Å². The molecule has 2 aliphatic heterocycles. The number of carbonyl (C=O) groups excluding carboxylic acids is 5. The van der Waals surface area contributed by atoms with Gasteiger partial charge in [-0.15, -0.1) is 6.58 Å². The summed E-state index contributed by atoms with van der Waals surface area (Å²) in [5.41, 5.74) is -0.551. The maximum absolute atomic E-state index is 14.5. The van der Waals surface area contributed by atoms with Crippen molar-refractivity contribution in [3.05, 3.63) is 12.7 Å². The smallest absolute Gasteiger partial charge is 0.346 e. The van der Waals surface area contributed by atoms with E-state index in [-0.39, 0.29) is 37.2 Å². The van der Waals surface area contributed by atoms with Crippen LogP contribution in [-0.2, 0) is 29.2 Å². The average molecular weight is 763 g/mol. The number of nitrogens with one attached hydrogen (secondary N) is 4. The van der Waals surface area contributed by atoms with E-state index < -0.39 is 94.1 Å². The first-order valence-electron chi connectivity index (χ1n) is 18.3. The van der Waals surface area contributed by atoms with Gasteiger partial charge in [-0.1, -0.05) is 60.0 Å². The molecule has 2 saturated heterocycles. The van der Waals surface area contributed by atoms with Crippen LogP contribution in [0, 0.1) is 23.2 Å². The van der Waals surface area contributed by atoms with Gasteiger partial charge in [0.25, 0.3) is 5.91 Å². The van der Waals surface area contributed by atoms with Gasteiger partial charge in [-0.05, 0) is 55.3 Å². The van der Waals surface area contributed by atoms with Crippen molar-refractivity contribution in [1.29, 1.82) is 0 Å². The Bertz CT molecular complexity index is 1410. The standard InChI is InChI=1S/C35H57F3N6O7S/c1-7-17-39-31(47)29(45)25(14-16-35(36,37)38)40-30(46)28-24(22(2)3)15-19-44(28)32(48)27(23-12-9-8-10-13-23)42-33(49)41-26(34(4,5)6)21-43-18-11-20-52(43,50)51/h7,22-28H,1,8-21H2,2-6H3,(H,39,47)(H,40,46)(H2,41,42,49)/t24?,25?,26-,27+,28+/m1/s1.